The number of rotatable bonds is 3. The van der Waals surface area contributed by atoms with E-state index in [-0.39, 0.29) is 12.1 Å². The van der Waals surface area contributed by atoms with E-state index in [2.05, 4.69) is 21.2 Å². The molecule has 1 fully saturated rings. The summed E-state index contributed by atoms with van der Waals surface area (Å²) in [7, 11) is 0. The van der Waals surface area contributed by atoms with Gasteiger partial charge in [-0.15, -0.1) is 0 Å². The fourth-order valence-corrected chi connectivity index (χ4v) is 2.72. The lowest BCUT2D eigenvalue weighted by atomic mass is 9.99. The van der Waals surface area contributed by atoms with Crippen LogP contribution in [0.4, 0.5) is 9.18 Å². The minimum atomic E-state index is -1.27. The van der Waals surface area contributed by atoms with E-state index < -0.39 is 23.3 Å². The number of hydrogen-bond acceptors (Lipinski definition) is 3. The van der Waals surface area contributed by atoms with Gasteiger partial charge in [-0.3, -0.25) is 9.69 Å². The summed E-state index contributed by atoms with van der Waals surface area (Å²) in [6, 6.07) is 7.15. The summed E-state index contributed by atoms with van der Waals surface area (Å²) in [5, 5.41) is 2.60. The standard InChI is InChI=1S/C15H12BrFN2O3/c1-15(12-3-2-6-22-12)13(20)19(14(21)18-15)8-9-4-5-10(16)7-11(9)17/h2-7H,8H2,1H3,(H,18,21)/t15-/m1/s1. The van der Waals surface area contributed by atoms with E-state index in [1.807, 2.05) is 0 Å². The highest BCUT2D eigenvalue weighted by Gasteiger charge is 2.50. The van der Waals surface area contributed by atoms with Crippen LogP contribution < -0.4 is 5.32 Å². The number of furan rings is 1. The van der Waals surface area contributed by atoms with Crippen molar-refractivity contribution in [2.75, 3.05) is 0 Å². The van der Waals surface area contributed by atoms with Crippen molar-refractivity contribution in [2.24, 2.45) is 0 Å². The SMILES string of the molecule is C[C@]1(c2ccco2)NC(=O)N(Cc2ccc(Br)cc2F)C1=O. The Hall–Kier alpha value is -2.15. The van der Waals surface area contributed by atoms with Crippen LogP contribution >= 0.6 is 15.9 Å². The fraction of sp³-hybridized carbons (Fsp3) is 0.200. The highest BCUT2D eigenvalue weighted by Crippen LogP contribution is 2.30. The first-order valence-corrected chi connectivity index (χ1v) is 7.33. The second-order valence-electron chi connectivity index (χ2n) is 5.16. The number of nitrogens with one attached hydrogen (secondary N) is 1. The maximum absolute atomic E-state index is 13.9. The first-order chi connectivity index (χ1) is 10.4. The molecule has 3 amide bonds. The van der Waals surface area contributed by atoms with Crippen LogP contribution in [0, 0.1) is 5.82 Å². The van der Waals surface area contributed by atoms with E-state index in [9.17, 15) is 14.0 Å². The smallest absolute Gasteiger partial charge is 0.325 e. The van der Waals surface area contributed by atoms with Crippen molar-refractivity contribution in [3.63, 3.8) is 0 Å². The molecule has 5 nitrogen and oxygen atoms in total. The predicted molar refractivity (Wildman–Crippen MR) is 79.2 cm³/mol. The Morgan fingerprint density at radius 3 is 2.77 bits per heavy atom. The number of carbonyl (C=O) groups is 2. The van der Waals surface area contributed by atoms with Gasteiger partial charge in [0, 0.05) is 10.0 Å². The van der Waals surface area contributed by atoms with E-state index in [1.165, 1.54) is 18.4 Å². The van der Waals surface area contributed by atoms with Crippen LogP contribution in [-0.4, -0.2) is 16.8 Å². The Morgan fingerprint density at radius 2 is 2.14 bits per heavy atom. The summed E-state index contributed by atoms with van der Waals surface area (Å²) in [4.78, 5) is 25.6. The molecule has 1 N–H and O–H groups in total. The van der Waals surface area contributed by atoms with E-state index >= 15 is 0 Å². The molecule has 0 bridgehead atoms. The van der Waals surface area contributed by atoms with Gasteiger partial charge in [-0.2, -0.15) is 0 Å². The molecule has 1 aromatic carbocycles. The molecule has 114 valence electrons. The second-order valence-corrected chi connectivity index (χ2v) is 6.08. The van der Waals surface area contributed by atoms with E-state index in [0.717, 1.165) is 4.90 Å². The molecule has 22 heavy (non-hydrogen) atoms. The summed E-state index contributed by atoms with van der Waals surface area (Å²) in [5.74, 6) is -0.624. The quantitative estimate of drug-likeness (QED) is 0.848. The maximum Gasteiger partial charge on any atom is 0.325 e. The minimum absolute atomic E-state index is 0.139. The zero-order valence-corrected chi connectivity index (χ0v) is 13.2. The molecule has 7 heteroatoms. The third kappa shape index (κ3) is 2.31. The van der Waals surface area contributed by atoms with Crippen LogP contribution in [0.1, 0.15) is 18.2 Å². The molecule has 3 rings (SSSR count). The van der Waals surface area contributed by atoms with Crippen molar-refractivity contribution in [2.45, 2.75) is 19.0 Å². The average molecular weight is 367 g/mol. The zero-order chi connectivity index (χ0) is 15.9. The molecular formula is C15H12BrFN2O3. The van der Waals surface area contributed by atoms with E-state index in [4.69, 9.17) is 4.42 Å². The molecule has 2 aromatic rings. The first-order valence-electron chi connectivity index (χ1n) is 6.54. The molecule has 1 aromatic heterocycles. The van der Waals surface area contributed by atoms with Crippen LogP contribution in [-0.2, 0) is 16.9 Å². The highest BCUT2D eigenvalue weighted by atomic mass is 79.9. The number of carbonyl (C=O) groups excluding carboxylic acids is 2. The zero-order valence-electron chi connectivity index (χ0n) is 11.6. The lowest BCUT2D eigenvalue weighted by Gasteiger charge is -2.19. The largest absolute Gasteiger partial charge is 0.466 e. The molecule has 0 saturated carbocycles. The van der Waals surface area contributed by atoms with Crippen LogP contribution in [0.3, 0.4) is 0 Å². The van der Waals surface area contributed by atoms with Crippen LogP contribution in [0.2, 0.25) is 0 Å². The van der Waals surface area contributed by atoms with Gasteiger partial charge in [0.1, 0.15) is 11.6 Å². The van der Waals surface area contributed by atoms with Crippen molar-refractivity contribution in [3.05, 3.63) is 58.2 Å². The summed E-state index contributed by atoms with van der Waals surface area (Å²) in [6.45, 7) is 1.42. The van der Waals surface area contributed by atoms with Gasteiger partial charge < -0.3 is 9.73 Å². The van der Waals surface area contributed by atoms with Gasteiger partial charge in [0.2, 0.25) is 0 Å². The summed E-state index contributed by atoms with van der Waals surface area (Å²) >= 11 is 3.16. The molecular weight excluding hydrogens is 355 g/mol. The third-order valence-corrected chi connectivity index (χ3v) is 4.13. The monoisotopic (exact) mass is 366 g/mol. The number of imide groups is 1. The summed E-state index contributed by atoms with van der Waals surface area (Å²) < 4.78 is 19.7. The molecule has 1 aliphatic heterocycles. The average Bonchev–Trinajstić information content (AvgIpc) is 3.06. The summed E-state index contributed by atoms with van der Waals surface area (Å²) in [6.07, 6.45) is 1.43. The number of nitrogens with zero attached hydrogens (tertiary/aromatic N) is 1. The molecule has 1 aliphatic rings. The Bertz CT molecular complexity index is 747. The first kappa shape index (κ1) is 14.8. The van der Waals surface area contributed by atoms with Crippen LogP contribution in [0.15, 0.2) is 45.5 Å². The van der Waals surface area contributed by atoms with Crippen LogP contribution in [0.25, 0.3) is 0 Å². The third-order valence-electron chi connectivity index (χ3n) is 3.63. The van der Waals surface area contributed by atoms with Gasteiger partial charge in [-0.05, 0) is 31.2 Å². The normalized spacial score (nSPS) is 21.3. The van der Waals surface area contributed by atoms with Crippen molar-refractivity contribution < 1.29 is 18.4 Å². The minimum Gasteiger partial charge on any atom is -0.466 e. The Morgan fingerprint density at radius 1 is 1.36 bits per heavy atom. The number of hydrogen-bond donors (Lipinski definition) is 1. The lowest BCUT2D eigenvalue weighted by Crippen LogP contribution is -2.40. The number of amides is 3. The van der Waals surface area contributed by atoms with Crippen LogP contribution in [0.5, 0.6) is 0 Å². The number of urea groups is 1. The van der Waals surface area contributed by atoms with Crippen molar-refractivity contribution in [1.29, 1.82) is 0 Å². The van der Waals surface area contributed by atoms with Gasteiger partial charge in [0.25, 0.3) is 5.91 Å². The maximum atomic E-state index is 13.9. The van der Waals surface area contributed by atoms with E-state index in [1.54, 1.807) is 25.1 Å². The second kappa shape index (κ2) is 5.24. The molecule has 2 heterocycles. The number of benzene rings is 1. The van der Waals surface area contributed by atoms with Crippen molar-refractivity contribution >= 4 is 27.9 Å². The van der Waals surface area contributed by atoms with Gasteiger partial charge in [0.15, 0.2) is 5.54 Å². The topological polar surface area (TPSA) is 62.6 Å². The van der Waals surface area contributed by atoms with Gasteiger partial charge in [-0.25, -0.2) is 9.18 Å². The molecule has 1 atom stereocenters. The number of halogens is 2. The van der Waals surface area contributed by atoms with Gasteiger partial charge in [-0.1, -0.05) is 22.0 Å². The van der Waals surface area contributed by atoms with Gasteiger partial charge in [0.05, 0.1) is 12.8 Å². The molecule has 0 spiro atoms. The van der Waals surface area contributed by atoms with Crippen molar-refractivity contribution in [1.82, 2.24) is 10.2 Å². The lowest BCUT2D eigenvalue weighted by molar-refractivity contribution is -0.132. The van der Waals surface area contributed by atoms with E-state index in [0.29, 0.717) is 10.2 Å². The molecule has 0 unspecified atom stereocenters. The highest BCUT2D eigenvalue weighted by molar-refractivity contribution is 9.10. The Labute approximate surface area is 134 Å². The predicted octanol–water partition coefficient (Wildman–Crippen LogP) is 3.15. The fourth-order valence-electron chi connectivity index (χ4n) is 2.39. The van der Waals surface area contributed by atoms with Crippen molar-refractivity contribution in [3.8, 4) is 0 Å². The Kier molecular flexibility index (Phi) is 3.52. The molecule has 0 aliphatic carbocycles. The molecule has 1 saturated heterocycles. The molecule has 0 radical (unpaired) electrons. The summed E-state index contributed by atoms with van der Waals surface area (Å²) in [5.41, 5.74) is -1.01. The Balaban J connectivity index is 1.89. The van der Waals surface area contributed by atoms with Gasteiger partial charge >= 0.3 is 6.03 Å².